The third kappa shape index (κ3) is 3.27. The molecule has 0 bridgehead atoms. The molecule has 2 heterocycles. The van der Waals surface area contributed by atoms with Crippen molar-refractivity contribution in [2.45, 2.75) is 11.3 Å². The van der Waals surface area contributed by atoms with Crippen LogP contribution in [0.25, 0.3) is 21.1 Å². The fourth-order valence-corrected chi connectivity index (χ4v) is 4.69. The number of aromatic nitrogens is 2. The molecule has 0 saturated carbocycles. The average molecular weight is 368 g/mol. The number of hydrogen-bond acceptors (Lipinski definition) is 5. The summed E-state index contributed by atoms with van der Waals surface area (Å²) in [5.41, 5.74) is 2.66. The molecule has 0 aliphatic heterocycles. The number of ketones is 1. The molecule has 0 spiro atoms. The number of nitrogens with zero attached hydrogens (tertiary/aromatic N) is 1. The van der Waals surface area contributed by atoms with E-state index in [1.165, 1.54) is 11.8 Å². The summed E-state index contributed by atoms with van der Waals surface area (Å²) in [6.45, 7) is 2.61. The number of carbonyl (C=O) groups is 1. The van der Waals surface area contributed by atoms with Crippen LogP contribution < -0.4 is 4.74 Å². The van der Waals surface area contributed by atoms with E-state index in [-0.39, 0.29) is 5.78 Å². The summed E-state index contributed by atoms with van der Waals surface area (Å²) >= 11 is 3.08. The highest BCUT2D eigenvalue weighted by Crippen LogP contribution is 2.32. The van der Waals surface area contributed by atoms with Crippen LogP contribution in [0.4, 0.5) is 0 Å². The maximum absolute atomic E-state index is 12.6. The number of hydrogen-bond donors (Lipinski definition) is 1. The predicted molar refractivity (Wildman–Crippen MR) is 104 cm³/mol. The molecule has 25 heavy (non-hydrogen) atoms. The van der Waals surface area contributed by atoms with E-state index < -0.39 is 0 Å². The zero-order valence-electron chi connectivity index (χ0n) is 13.6. The summed E-state index contributed by atoms with van der Waals surface area (Å²) in [5, 5.41) is 0.971. The molecule has 4 nitrogen and oxygen atoms in total. The minimum atomic E-state index is 0.108. The second-order valence-electron chi connectivity index (χ2n) is 5.50. The van der Waals surface area contributed by atoms with Gasteiger partial charge in [0.1, 0.15) is 5.75 Å². The summed E-state index contributed by atoms with van der Waals surface area (Å²) in [6, 6.07) is 13.7. The number of Topliss-reactive ketones (excluding diaryl/α,β-unsaturated/α-hetero) is 1. The summed E-state index contributed by atoms with van der Waals surface area (Å²) in [4.78, 5) is 20.3. The van der Waals surface area contributed by atoms with Gasteiger partial charge < -0.3 is 9.72 Å². The molecular weight excluding hydrogens is 352 g/mol. The molecule has 0 fully saturated rings. The van der Waals surface area contributed by atoms with Crippen LogP contribution >= 0.6 is 23.1 Å². The van der Waals surface area contributed by atoms with Gasteiger partial charge in [0.05, 0.1) is 22.6 Å². The number of carbonyl (C=O) groups excluding carboxylic acids is 1. The van der Waals surface area contributed by atoms with Crippen molar-refractivity contribution >= 4 is 50.0 Å². The van der Waals surface area contributed by atoms with E-state index in [4.69, 9.17) is 4.74 Å². The van der Waals surface area contributed by atoms with E-state index in [1.54, 1.807) is 17.5 Å². The Bertz CT molecular complexity index is 1050. The van der Waals surface area contributed by atoms with Crippen LogP contribution in [0.3, 0.4) is 0 Å². The first kappa shape index (κ1) is 16.2. The molecule has 1 N–H and O–H groups in total. The zero-order valence-corrected chi connectivity index (χ0v) is 15.2. The number of benzene rings is 2. The van der Waals surface area contributed by atoms with Gasteiger partial charge in [0.25, 0.3) is 0 Å². The molecule has 2 aromatic carbocycles. The van der Waals surface area contributed by atoms with Gasteiger partial charge in [-0.25, -0.2) is 4.98 Å². The third-order valence-corrected chi connectivity index (χ3v) is 6.03. The van der Waals surface area contributed by atoms with Gasteiger partial charge in [0.15, 0.2) is 10.1 Å². The van der Waals surface area contributed by atoms with Crippen molar-refractivity contribution in [1.29, 1.82) is 0 Å². The van der Waals surface area contributed by atoms with Crippen LogP contribution in [-0.2, 0) is 0 Å². The second kappa shape index (κ2) is 6.90. The molecule has 4 rings (SSSR count). The standard InChI is InChI=1S/C19H16N2O2S2/c1-2-23-12-7-8-16-18(9-12)25-19(21-16)24-11-17(22)14-10-20-15-6-4-3-5-13(14)15/h3-10,20H,2,11H2,1H3. The van der Waals surface area contributed by atoms with E-state index in [0.717, 1.165) is 36.8 Å². The lowest BCUT2D eigenvalue weighted by atomic mass is 10.1. The van der Waals surface area contributed by atoms with E-state index in [1.807, 2.05) is 49.4 Å². The number of rotatable bonds is 6. The lowest BCUT2D eigenvalue weighted by molar-refractivity contribution is 0.102. The van der Waals surface area contributed by atoms with Gasteiger partial charge in [-0.3, -0.25) is 4.79 Å². The van der Waals surface area contributed by atoms with Crippen molar-refractivity contribution in [3.05, 3.63) is 54.2 Å². The highest BCUT2D eigenvalue weighted by atomic mass is 32.2. The Balaban J connectivity index is 1.50. The minimum Gasteiger partial charge on any atom is -0.494 e. The van der Waals surface area contributed by atoms with Crippen LogP contribution in [0.1, 0.15) is 17.3 Å². The van der Waals surface area contributed by atoms with Gasteiger partial charge in [-0.05, 0) is 31.2 Å². The first-order valence-electron chi connectivity index (χ1n) is 8.00. The minimum absolute atomic E-state index is 0.108. The van der Waals surface area contributed by atoms with E-state index in [9.17, 15) is 4.79 Å². The Morgan fingerprint density at radius 1 is 1.28 bits per heavy atom. The van der Waals surface area contributed by atoms with Gasteiger partial charge in [-0.1, -0.05) is 30.0 Å². The summed E-state index contributed by atoms with van der Waals surface area (Å²) in [7, 11) is 0. The maximum Gasteiger partial charge on any atom is 0.175 e. The number of para-hydroxylation sites is 1. The molecule has 0 aliphatic rings. The van der Waals surface area contributed by atoms with E-state index in [2.05, 4.69) is 9.97 Å². The van der Waals surface area contributed by atoms with Gasteiger partial charge in [0.2, 0.25) is 0 Å². The highest BCUT2D eigenvalue weighted by molar-refractivity contribution is 8.01. The second-order valence-corrected chi connectivity index (χ2v) is 7.76. The van der Waals surface area contributed by atoms with Crippen molar-refractivity contribution in [3.63, 3.8) is 0 Å². The molecule has 0 amide bonds. The largest absolute Gasteiger partial charge is 0.494 e. The van der Waals surface area contributed by atoms with Crippen LogP contribution in [-0.4, -0.2) is 28.1 Å². The number of fused-ring (bicyclic) bond motifs is 2. The highest BCUT2D eigenvalue weighted by Gasteiger charge is 2.14. The molecule has 126 valence electrons. The topological polar surface area (TPSA) is 55.0 Å². The Morgan fingerprint density at radius 2 is 2.16 bits per heavy atom. The fraction of sp³-hybridized carbons (Fsp3) is 0.158. The first-order chi connectivity index (χ1) is 12.2. The van der Waals surface area contributed by atoms with Gasteiger partial charge in [0, 0.05) is 22.7 Å². The lowest BCUT2D eigenvalue weighted by Gasteiger charge is -2.00. The molecule has 0 saturated heterocycles. The molecule has 4 aromatic rings. The molecule has 0 unspecified atom stereocenters. The predicted octanol–water partition coefficient (Wildman–Crippen LogP) is 5.15. The van der Waals surface area contributed by atoms with Crippen molar-refractivity contribution in [2.75, 3.05) is 12.4 Å². The number of ether oxygens (including phenoxy) is 1. The number of aromatic amines is 1. The lowest BCUT2D eigenvalue weighted by Crippen LogP contribution is -2.01. The monoisotopic (exact) mass is 368 g/mol. The van der Waals surface area contributed by atoms with Crippen LogP contribution in [0.2, 0.25) is 0 Å². The maximum atomic E-state index is 12.6. The smallest absolute Gasteiger partial charge is 0.175 e. The quantitative estimate of drug-likeness (QED) is 0.378. The molecular formula is C19H16N2O2S2. The first-order valence-corrected chi connectivity index (χ1v) is 9.80. The average Bonchev–Trinajstić information content (AvgIpc) is 3.23. The number of thiazole rings is 1. The number of H-pyrrole nitrogens is 1. The Morgan fingerprint density at radius 3 is 3.04 bits per heavy atom. The van der Waals surface area contributed by atoms with E-state index in [0.29, 0.717) is 12.4 Å². The SMILES string of the molecule is CCOc1ccc2nc(SCC(=O)c3c[nH]c4ccccc34)sc2c1. The normalized spacial score (nSPS) is 11.2. The Hall–Kier alpha value is -2.31. The van der Waals surface area contributed by atoms with Gasteiger partial charge >= 0.3 is 0 Å². The van der Waals surface area contributed by atoms with Crippen LogP contribution in [0.5, 0.6) is 5.75 Å². The third-order valence-electron chi connectivity index (χ3n) is 3.87. The van der Waals surface area contributed by atoms with E-state index >= 15 is 0 Å². The van der Waals surface area contributed by atoms with Crippen molar-refractivity contribution < 1.29 is 9.53 Å². The van der Waals surface area contributed by atoms with Gasteiger partial charge in [-0.2, -0.15) is 0 Å². The van der Waals surface area contributed by atoms with Crippen LogP contribution in [0, 0.1) is 0 Å². The van der Waals surface area contributed by atoms with Crippen LogP contribution in [0.15, 0.2) is 53.0 Å². The Kier molecular flexibility index (Phi) is 4.46. The summed E-state index contributed by atoms with van der Waals surface area (Å²) < 4.78 is 7.50. The molecule has 0 atom stereocenters. The molecule has 6 heteroatoms. The molecule has 2 aromatic heterocycles. The zero-order chi connectivity index (χ0) is 17.2. The van der Waals surface area contributed by atoms with Gasteiger partial charge in [-0.15, -0.1) is 11.3 Å². The Labute approximate surface area is 153 Å². The fourth-order valence-electron chi connectivity index (χ4n) is 2.71. The summed E-state index contributed by atoms with van der Waals surface area (Å²) in [5.74, 6) is 1.33. The summed E-state index contributed by atoms with van der Waals surface area (Å²) in [6.07, 6.45) is 1.79. The molecule has 0 aliphatic carbocycles. The van der Waals surface area contributed by atoms with Crippen molar-refractivity contribution in [1.82, 2.24) is 9.97 Å². The molecule has 0 radical (unpaired) electrons. The van der Waals surface area contributed by atoms with Crippen molar-refractivity contribution in [3.8, 4) is 5.75 Å². The number of thioether (sulfide) groups is 1. The van der Waals surface area contributed by atoms with Crippen molar-refractivity contribution in [2.24, 2.45) is 0 Å². The number of nitrogens with one attached hydrogen (secondary N) is 1.